The lowest BCUT2D eigenvalue weighted by molar-refractivity contribution is -0.133. The number of halogens is 1. The molecule has 0 atom stereocenters. The molecule has 8 nitrogen and oxygen atoms in total. The maximum absolute atomic E-state index is 12.8. The normalized spacial score (nSPS) is 14.2. The molecule has 0 aliphatic carbocycles. The molecule has 1 aliphatic heterocycles. The number of aromatic nitrogens is 2. The molecule has 1 saturated heterocycles. The molecule has 3 aromatic rings. The number of urea groups is 1. The maximum Gasteiger partial charge on any atom is 0.329 e. The number of imidazole rings is 1. The average molecular weight is 442 g/mol. The number of amides is 3. The predicted molar refractivity (Wildman–Crippen MR) is 121 cm³/mol. The molecule has 0 bridgehead atoms. The molecule has 0 spiro atoms. The number of nitrogens with one attached hydrogen (secondary N) is 1. The van der Waals surface area contributed by atoms with Gasteiger partial charge in [-0.3, -0.25) is 13.9 Å². The van der Waals surface area contributed by atoms with E-state index in [1.165, 1.54) is 4.57 Å². The highest BCUT2D eigenvalue weighted by atomic mass is 35.5. The Hall–Kier alpha value is -3.26. The Morgan fingerprint density at radius 3 is 2.32 bits per heavy atom. The number of hydrogen-bond donors (Lipinski definition) is 1. The highest BCUT2D eigenvalue weighted by Gasteiger charge is 2.25. The number of carbonyl (C=O) groups excluding carboxylic acids is 2. The second kappa shape index (κ2) is 8.47. The number of aryl methyl sites for hydroxylation is 2. The maximum atomic E-state index is 12.8. The van der Waals surface area contributed by atoms with Crippen LogP contribution >= 0.6 is 11.6 Å². The predicted octanol–water partition coefficient (Wildman–Crippen LogP) is 2.68. The van der Waals surface area contributed by atoms with Crippen molar-refractivity contribution < 1.29 is 9.59 Å². The summed E-state index contributed by atoms with van der Waals surface area (Å²) in [5, 5.41) is 3.44. The van der Waals surface area contributed by atoms with Crippen LogP contribution < -0.4 is 11.0 Å². The quantitative estimate of drug-likeness (QED) is 0.678. The smallest absolute Gasteiger partial charge is 0.329 e. The van der Waals surface area contributed by atoms with Gasteiger partial charge in [-0.15, -0.1) is 0 Å². The number of carbonyl (C=O) groups is 2. The van der Waals surface area contributed by atoms with Crippen molar-refractivity contribution in [2.24, 2.45) is 7.05 Å². The number of piperazine rings is 1. The van der Waals surface area contributed by atoms with Crippen LogP contribution in [0.3, 0.4) is 0 Å². The number of benzene rings is 2. The highest BCUT2D eigenvalue weighted by Crippen LogP contribution is 2.20. The average Bonchev–Trinajstić information content (AvgIpc) is 3.01. The van der Waals surface area contributed by atoms with Crippen LogP contribution in [0, 0.1) is 6.92 Å². The van der Waals surface area contributed by atoms with Crippen LogP contribution in [-0.4, -0.2) is 57.1 Å². The third-order valence-electron chi connectivity index (χ3n) is 5.69. The van der Waals surface area contributed by atoms with Crippen molar-refractivity contribution in [3.63, 3.8) is 0 Å². The van der Waals surface area contributed by atoms with E-state index < -0.39 is 0 Å². The molecule has 4 rings (SSSR count). The molecule has 31 heavy (non-hydrogen) atoms. The Morgan fingerprint density at radius 2 is 1.65 bits per heavy atom. The van der Waals surface area contributed by atoms with Crippen molar-refractivity contribution in [2.75, 3.05) is 31.5 Å². The summed E-state index contributed by atoms with van der Waals surface area (Å²) in [5.41, 5.74) is 2.88. The van der Waals surface area contributed by atoms with Crippen molar-refractivity contribution >= 4 is 40.3 Å². The van der Waals surface area contributed by atoms with E-state index in [1.54, 1.807) is 33.5 Å². The van der Waals surface area contributed by atoms with Crippen molar-refractivity contribution in [3.8, 4) is 0 Å². The minimum atomic E-state index is -0.225. The second-order valence-electron chi connectivity index (χ2n) is 7.68. The largest absolute Gasteiger partial charge is 0.338 e. The molecule has 1 aliphatic rings. The van der Waals surface area contributed by atoms with E-state index >= 15 is 0 Å². The zero-order valence-electron chi connectivity index (χ0n) is 17.5. The molecule has 0 unspecified atom stereocenters. The van der Waals surface area contributed by atoms with E-state index in [9.17, 15) is 14.4 Å². The summed E-state index contributed by atoms with van der Waals surface area (Å²) < 4.78 is 3.04. The molecule has 0 radical (unpaired) electrons. The van der Waals surface area contributed by atoms with Crippen LogP contribution in [0.2, 0.25) is 5.02 Å². The van der Waals surface area contributed by atoms with Gasteiger partial charge in [-0.25, -0.2) is 9.59 Å². The van der Waals surface area contributed by atoms with Crippen LogP contribution in [0.25, 0.3) is 11.0 Å². The van der Waals surface area contributed by atoms with Gasteiger partial charge in [0.1, 0.15) is 6.54 Å². The third kappa shape index (κ3) is 4.16. The van der Waals surface area contributed by atoms with Crippen LogP contribution in [0.5, 0.6) is 0 Å². The van der Waals surface area contributed by atoms with Gasteiger partial charge in [0, 0.05) is 43.9 Å². The van der Waals surface area contributed by atoms with Gasteiger partial charge >= 0.3 is 11.7 Å². The summed E-state index contributed by atoms with van der Waals surface area (Å²) in [5.74, 6) is -0.135. The molecule has 1 N–H and O–H groups in total. The summed E-state index contributed by atoms with van der Waals surface area (Å²) in [6, 6.07) is 12.6. The first-order valence-electron chi connectivity index (χ1n) is 10.1. The first-order chi connectivity index (χ1) is 14.8. The monoisotopic (exact) mass is 441 g/mol. The lowest BCUT2D eigenvalue weighted by atomic mass is 10.2. The number of nitrogens with zero attached hydrogens (tertiary/aromatic N) is 4. The fourth-order valence-electron chi connectivity index (χ4n) is 3.78. The van der Waals surface area contributed by atoms with Crippen molar-refractivity contribution in [3.05, 3.63) is 63.5 Å². The van der Waals surface area contributed by atoms with E-state index in [-0.39, 0.29) is 24.2 Å². The van der Waals surface area contributed by atoms with Gasteiger partial charge in [0.05, 0.1) is 11.0 Å². The molecular formula is C22H24ClN5O3. The van der Waals surface area contributed by atoms with Gasteiger partial charge in [-0.2, -0.15) is 0 Å². The fraction of sp³-hybridized carbons (Fsp3) is 0.318. The van der Waals surface area contributed by atoms with Gasteiger partial charge in [0.2, 0.25) is 5.91 Å². The van der Waals surface area contributed by atoms with Crippen molar-refractivity contribution in [1.29, 1.82) is 0 Å². The molecular weight excluding hydrogens is 418 g/mol. The Morgan fingerprint density at radius 1 is 1.00 bits per heavy atom. The van der Waals surface area contributed by atoms with Crippen LogP contribution in [0.1, 0.15) is 5.56 Å². The van der Waals surface area contributed by atoms with Crippen LogP contribution in [0.4, 0.5) is 10.5 Å². The third-order valence-corrected chi connectivity index (χ3v) is 6.09. The number of anilines is 1. The Balaban J connectivity index is 1.37. The van der Waals surface area contributed by atoms with E-state index in [2.05, 4.69) is 5.32 Å². The summed E-state index contributed by atoms with van der Waals surface area (Å²) in [6.45, 7) is 3.55. The highest BCUT2D eigenvalue weighted by molar-refractivity contribution is 6.31. The van der Waals surface area contributed by atoms with E-state index in [0.29, 0.717) is 36.9 Å². The Labute approximate surface area is 184 Å². The number of hydrogen-bond acceptors (Lipinski definition) is 3. The van der Waals surface area contributed by atoms with Crippen LogP contribution in [-0.2, 0) is 18.4 Å². The standard InChI is InChI=1S/C22H24ClN5O3/c1-15-7-8-16(13-17(15)23)24-21(30)27-11-9-26(10-12-27)20(29)14-28-19-6-4-3-5-18(19)25(2)22(28)31/h3-8,13H,9-12,14H2,1-2H3,(H,24,30). The number of para-hydroxylation sites is 2. The number of rotatable bonds is 3. The van der Waals surface area contributed by atoms with Gasteiger partial charge in [0.15, 0.2) is 0 Å². The molecule has 9 heteroatoms. The molecule has 3 amide bonds. The summed E-state index contributed by atoms with van der Waals surface area (Å²) in [6.07, 6.45) is 0. The first-order valence-corrected chi connectivity index (χ1v) is 10.5. The summed E-state index contributed by atoms with van der Waals surface area (Å²) >= 11 is 6.12. The number of fused-ring (bicyclic) bond motifs is 1. The summed E-state index contributed by atoms with van der Waals surface area (Å²) in [7, 11) is 1.70. The zero-order valence-corrected chi connectivity index (χ0v) is 18.2. The van der Waals surface area contributed by atoms with Crippen molar-refractivity contribution in [1.82, 2.24) is 18.9 Å². The van der Waals surface area contributed by atoms with E-state index in [4.69, 9.17) is 11.6 Å². The zero-order chi connectivity index (χ0) is 22.1. The molecule has 1 fully saturated rings. The Bertz CT molecular complexity index is 1210. The minimum absolute atomic E-state index is 0.0196. The Kier molecular flexibility index (Phi) is 5.73. The minimum Gasteiger partial charge on any atom is -0.338 e. The fourth-order valence-corrected chi connectivity index (χ4v) is 3.96. The summed E-state index contributed by atoms with van der Waals surface area (Å²) in [4.78, 5) is 41.3. The van der Waals surface area contributed by atoms with Gasteiger partial charge in [0.25, 0.3) is 0 Å². The molecule has 2 heterocycles. The van der Waals surface area contributed by atoms with Crippen molar-refractivity contribution in [2.45, 2.75) is 13.5 Å². The topological polar surface area (TPSA) is 79.6 Å². The van der Waals surface area contributed by atoms with Gasteiger partial charge < -0.3 is 15.1 Å². The van der Waals surface area contributed by atoms with E-state index in [1.807, 2.05) is 37.3 Å². The first kappa shape index (κ1) is 21.0. The lowest BCUT2D eigenvalue weighted by Gasteiger charge is -2.34. The molecule has 162 valence electrons. The van der Waals surface area contributed by atoms with E-state index in [0.717, 1.165) is 16.6 Å². The SMILES string of the molecule is Cc1ccc(NC(=O)N2CCN(C(=O)Cn3c(=O)n(C)c4ccccc43)CC2)cc1Cl. The molecule has 1 aromatic heterocycles. The van der Waals surface area contributed by atoms with Crippen LogP contribution in [0.15, 0.2) is 47.3 Å². The van der Waals surface area contributed by atoms with Gasteiger partial charge in [-0.1, -0.05) is 29.8 Å². The molecule has 0 saturated carbocycles. The van der Waals surface area contributed by atoms with Gasteiger partial charge in [-0.05, 0) is 36.8 Å². The second-order valence-corrected chi connectivity index (χ2v) is 8.09. The molecule has 2 aromatic carbocycles. The lowest BCUT2D eigenvalue weighted by Crippen LogP contribution is -2.52.